The van der Waals surface area contributed by atoms with E-state index in [2.05, 4.69) is 5.32 Å². The lowest BCUT2D eigenvalue weighted by molar-refractivity contribution is -0.201. The molecule has 2 N–H and O–H groups in total. The molecule has 0 heterocycles. The van der Waals surface area contributed by atoms with Crippen molar-refractivity contribution in [1.82, 2.24) is 5.32 Å². The fourth-order valence-corrected chi connectivity index (χ4v) is 0.647. The van der Waals surface area contributed by atoms with Crippen LogP contribution in [0.5, 0.6) is 0 Å². The number of alkyl halides is 3. The molecule has 0 aliphatic rings. The average Bonchev–Trinajstić information content (AvgIpc) is 2.02. The third-order valence-corrected chi connectivity index (χ3v) is 1.36. The Morgan fingerprint density at radius 1 is 1.46 bits per heavy atom. The molecule has 0 aliphatic carbocycles. The van der Waals surface area contributed by atoms with Crippen LogP contribution in [0.2, 0.25) is 0 Å². The Bertz CT molecular complexity index is 176. The monoisotopic (exact) mass is 196 g/mol. The van der Waals surface area contributed by atoms with Gasteiger partial charge < -0.3 is 10.4 Å². The van der Waals surface area contributed by atoms with Crippen LogP contribution in [0.1, 0.15) is 12.8 Å². The van der Waals surface area contributed by atoms with Crippen LogP contribution in [0.4, 0.5) is 13.2 Å². The molecule has 1 unspecified atom stereocenters. The number of hydrogen-bond donors (Lipinski definition) is 2. The van der Waals surface area contributed by atoms with Crippen molar-refractivity contribution in [2.45, 2.75) is 25.1 Å². The van der Waals surface area contributed by atoms with Gasteiger partial charge in [0.05, 0.1) is 6.07 Å². The van der Waals surface area contributed by atoms with E-state index in [0.717, 1.165) is 0 Å². The van der Waals surface area contributed by atoms with Crippen molar-refractivity contribution in [2.24, 2.45) is 0 Å². The summed E-state index contributed by atoms with van der Waals surface area (Å²) in [6, 6.07) is 1.86. The molecule has 0 aromatic heterocycles. The van der Waals surface area contributed by atoms with E-state index in [1.165, 1.54) is 0 Å². The predicted octanol–water partition coefficient (Wildman–Crippen LogP) is 0.803. The second-order valence-corrected chi connectivity index (χ2v) is 2.52. The summed E-state index contributed by atoms with van der Waals surface area (Å²) in [5.74, 6) is 0. The van der Waals surface area contributed by atoms with Crippen molar-refractivity contribution in [3.05, 3.63) is 0 Å². The molecule has 3 nitrogen and oxygen atoms in total. The Labute approximate surface area is 74.2 Å². The predicted molar refractivity (Wildman–Crippen MR) is 39.8 cm³/mol. The number of aliphatic hydroxyl groups is 1. The normalized spacial score (nSPS) is 13.8. The molecule has 0 saturated heterocycles. The molecule has 0 aliphatic heterocycles. The fraction of sp³-hybridized carbons (Fsp3) is 0.857. The van der Waals surface area contributed by atoms with E-state index in [-0.39, 0.29) is 0 Å². The van der Waals surface area contributed by atoms with E-state index in [1.54, 1.807) is 0 Å². The minimum absolute atomic E-state index is 0.301. The Morgan fingerprint density at radius 3 is 2.54 bits per heavy atom. The van der Waals surface area contributed by atoms with E-state index in [4.69, 9.17) is 10.4 Å². The van der Waals surface area contributed by atoms with Crippen molar-refractivity contribution in [3.8, 4) is 6.07 Å². The molecule has 0 saturated carbocycles. The highest BCUT2D eigenvalue weighted by Crippen LogP contribution is 2.18. The summed E-state index contributed by atoms with van der Waals surface area (Å²) in [7, 11) is 0. The van der Waals surface area contributed by atoms with Gasteiger partial charge in [-0.15, -0.1) is 0 Å². The lowest BCUT2D eigenvalue weighted by atomic mass is 10.3. The third-order valence-electron chi connectivity index (χ3n) is 1.36. The van der Waals surface area contributed by atoms with Gasteiger partial charge >= 0.3 is 6.18 Å². The Balaban J connectivity index is 3.39. The Morgan fingerprint density at radius 2 is 2.08 bits per heavy atom. The maximum Gasteiger partial charge on any atom is 0.415 e. The van der Waals surface area contributed by atoms with Gasteiger partial charge in [0, 0.05) is 13.0 Å². The Kier molecular flexibility index (Phi) is 5.42. The molecule has 0 fully saturated rings. The first kappa shape index (κ1) is 12.2. The van der Waals surface area contributed by atoms with Crippen LogP contribution < -0.4 is 5.32 Å². The molecule has 0 aromatic carbocycles. The molecule has 0 radical (unpaired) electrons. The van der Waals surface area contributed by atoms with Gasteiger partial charge in [0.2, 0.25) is 0 Å². The van der Waals surface area contributed by atoms with Gasteiger partial charge in [-0.3, -0.25) is 0 Å². The Hall–Kier alpha value is -0.800. The van der Waals surface area contributed by atoms with E-state index < -0.39 is 18.8 Å². The molecule has 6 heteroatoms. The first-order valence-corrected chi connectivity index (χ1v) is 3.81. The summed E-state index contributed by atoms with van der Waals surface area (Å²) in [4.78, 5) is 0. The smallest absolute Gasteiger partial charge is 0.382 e. The molecule has 0 bridgehead atoms. The van der Waals surface area contributed by atoms with Gasteiger partial charge in [-0.05, 0) is 13.0 Å². The number of aliphatic hydroxyl groups excluding tert-OH is 1. The average molecular weight is 196 g/mol. The molecular weight excluding hydrogens is 185 g/mol. The van der Waals surface area contributed by atoms with Gasteiger partial charge in [0.25, 0.3) is 0 Å². The number of nitriles is 1. The van der Waals surface area contributed by atoms with E-state index >= 15 is 0 Å². The van der Waals surface area contributed by atoms with Crippen LogP contribution in [-0.4, -0.2) is 30.5 Å². The van der Waals surface area contributed by atoms with Crippen LogP contribution in [0.3, 0.4) is 0 Å². The lowest BCUT2D eigenvalue weighted by Gasteiger charge is -2.14. The zero-order chi connectivity index (χ0) is 10.3. The summed E-state index contributed by atoms with van der Waals surface area (Å²) >= 11 is 0. The molecule has 13 heavy (non-hydrogen) atoms. The van der Waals surface area contributed by atoms with Gasteiger partial charge in [0.15, 0.2) is 6.10 Å². The standard InChI is InChI=1S/C7H11F3N2O/c8-7(9,10)6(13)5-12-4-2-1-3-11/h6,12-13H,1-2,4-5H2. The minimum Gasteiger partial charge on any atom is -0.382 e. The number of nitrogens with zero attached hydrogens (tertiary/aromatic N) is 1. The summed E-state index contributed by atoms with van der Waals surface area (Å²) < 4.78 is 35.0. The van der Waals surface area contributed by atoms with E-state index in [9.17, 15) is 13.2 Å². The van der Waals surface area contributed by atoms with Crippen molar-refractivity contribution >= 4 is 0 Å². The molecule has 0 aromatic rings. The zero-order valence-electron chi connectivity index (χ0n) is 6.93. The van der Waals surface area contributed by atoms with E-state index in [0.29, 0.717) is 19.4 Å². The van der Waals surface area contributed by atoms with Crippen LogP contribution in [0, 0.1) is 11.3 Å². The van der Waals surface area contributed by atoms with Crippen molar-refractivity contribution in [3.63, 3.8) is 0 Å². The topological polar surface area (TPSA) is 56.0 Å². The number of hydrogen-bond acceptors (Lipinski definition) is 3. The molecule has 0 rings (SSSR count). The highest BCUT2D eigenvalue weighted by molar-refractivity contribution is 4.71. The number of rotatable bonds is 5. The number of nitrogens with one attached hydrogen (secondary N) is 1. The van der Waals surface area contributed by atoms with Crippen molar-refractivity contribution in [2.75, 3.05) is 13.1 Å². The van der Waals surface area contributed by atoms with Crippen LogP contribution in [0.25, 0.3) is 0 Å². The fourth-order valence-electron chi connectivity index (χ4n) is 0.647. The van der Waals surface area contributed by atoms with Gasteiger partial charge in [0.1, 0.15) is 0 Å². The summed E-state index contributed by atoms with van der Waals surface area (Å²) in [6.45, 7) is -0.213. The van der Waals surface area contributed by atoms with Gasteiger partial charge in [-0.25, -0.2) is 0 Å². The van der Waals surface area contributed by atoms with Gasteiger partial charge in [-0.1, -0.05) is 0 Å². The van der Waals surface area contributed by atoms with Crippen molar-refractivity contribution in [1.29, 1.82) is 5.26 Å². The third kappa shape index (κ3) is 6.37. The molecular formula is C7H11F3N2O. The lowest BCUT2D eigenvalue weighted by Crippen LogP contribution is -2.38. The zero-order valence-corrected chi connectivity index (χ0v) is 6.93. The first-order chi connectivity index (χ1) is 5.98. The number of halogens is 3. The first-order valence-electron chi connectivity index (χ1n) is 3.81. The number of unbranched alkanes of at least 4 members (excludes halogenated alkanes) is 1. The highest BCUT2D eigenvalue weighted by Gasteiger charge is 2.37. The quantitative estimate of drug-likeness (QED) is 0.639. The molecule has 0 spiro atoms. The van der Waals surface area contributed by atoms with Crippen LogP contribution in [0.15, 0.2) is 0 Å². The molecule has 0 amide bonds. The maximum atomic E-state index is 11.7. The van der Waals surface area contributed by atoms with Crippen LogP contribution in [-0.2, 0) is 0 Å². The minimum atomic E-state index is -4.57. The second-order valence-electron chi connectivity index (χ2n) is 2.52. The van der Waals surface area contributed by atoms with Crippen LogP contribution >= 0.6 is 0 Å². The highest BCUT2D eigenvalue weighted by atomic mass is 19.4. The molecule has 1 atom stereocenters. The summed E-state index contributed by atoms with van der Waals surface area (Å²) in [5.41, 5.74) is 0. The van der Waals surface area contributed by atoms with Crippen molar-refractivity contribution < 1.29 is 18.3 Å². The second kappa shape index (κ2) is 5.78. The van der Waals surface area contributed by atoms with E-state index in [1.807, 2.05) is 6.07 Å². The summed E-state index contributed by atoms with van der Waals surface area (Å²) in [6.07, 6.45) is -6.10. The SMILES string of the molecule is N#CCCCNCC(O)C(F)(F)F. The van der Waals surface area contributed by atoms with Gasteiger partial charge in [-0.2, -0.15) is 18.4 Å². The maximum absolute atomic E-state index is 11.7. The largest absolute Gasteiger partial charge is 0.415 e. The molecule has 76 valence electrons. The summed E-state index contributed by atoms with van der Waals surface area (Å²) in [5, 5.41) is 19.0.